The van der Waals surface area contributed by atoms with Gasteiger partial charge in [0.25, 0.3) is 0 Å². The average molecular weight is 356 g/mol. The average Bonchev–Trinajstić information content (AvgIpc) is 3.10. The van der Waals surface area contributed by atoms with Crippen molar-refractivity contribution < 1.29 is 19.0 Å². The number of carboxylic acid groups (broad SMARTS) is 1. The first-order valence-corrected chi connectivity index (χ1v) is 9.14. The van der Waals surface area contributed by atoms with Crippen LogP contribution < -0.4 is 4.74 Å². The molecule has 3 rings (SSSR count). The van der Waals surface area contributed by atoms with Crippen molar-refractivity contribution in [1.29, 1.82) is 0 Å². The molecule has 0 unspecified atom stereocenters. The van der Waals surface area contributed by atoms with Crippen molar-refractivity contribution in [2.75, 3.05) is 7.11 Å². The molecule has 138 valence electrons. The Morgan fingerprint density at radius 2 is 1.96 bits per heavy atom. The van der Waals surface area contributed by atoms with E-state index < -0.39 is 5.97 Å². The van der Waals surface area contributed by atoms with Gasteiger partial charge in [0.1, 0.15) is 0 Å². The van der Waals surface area contributed by atoms with Gasteiger partial charge < -0.3 is 9.84 Å². The highest BCUT2D eigenvalue weighted by Crippen LogP contribution is 2.42. The quantitative estimate of drug-likeness (QED) is 0.732. The largest absolute Gasteiger partial charge is 0.494 e. The van der Waals surface area contributed by atoms with Crippen LogP contribution in [-0.4, -0.2) is 18.2 Å². The maximum absolute atomic E-state index is 13.6. The van der Waals surface area contributed by atoms with Crippen molar-refractivity contribution in [2.45, 2.75) is 44.4 Å². The van der Waals surface area contributed by atoms with Crippen LogP contribution in [0.3, 0.4) is 0 Å². The number of carbonyl (C=O) groups is 1. The van der Waals surface area contributed by atoms with E-state index in [1.54, 1.807) is 18.2 Å². The normalized spacial score (nSPS) is 20.7. The zero-order valence-corrected chi connectivity index (χ0v) is 15.2. The maximum Gasteiger partial charge on any atom is 0.335 e. The van der Waals surface area contributed by atoms with Crippen LogP contribution in [0.1, 0.15) is 65.9 Å². The summed E-state index contributed by atoms with van der Waals surface area (Å²) in [5.74, 6) is 0.571. The topological polar surface area (TPSA) is 46.5 Å². The van der Waals surface area contributed by atoms with Crippen LogP contribution in [-0.2, 0) is 0 Å². The van der Waals surface area contributed by atoms with Crippen molar-refractivity contribution >= 4 is 5.97 Å². The Morgan fingerprint density at radius 1 is 1.23 bits per heavy atom. The molecule has 4 heteroatoms. The number of rotatable bonds is 6. The summed E-state index contributed by atoms with van der Waals surface area (Å²) in [7, 11) is 1.49. The van der Waals surface area contributed by atoms with E-state index in [0.29, 0.717) is 29.1 Å². The van der Waals surface area contributed by atoms with Crippen LogP contribution in [0.2, 0.25) is 0 Å². The number of aromatic carboxylic acids is 1. The van der Waals surface area contributed by atoms with Crippen molar-refractivity contribution in [1.82, 2.24) is 0 Å². The predicted molar refractivity (Wildman–Crippen MR) is 99.5 cm³/mol. The Kier molecular flexibility index (Phi) is 5.60. The summed E-state index contributed by atoms with van der Waals surface area (Å²) in [5.41, 5.74) is 2.67. The van der Waals surface area contributed by atoms with Crippen molar-refractivity contribution in [3.8, 4) is 5.75 Å². The van der Waals surface area contributed by atoms with Gasteiger partial charge in [0.2, 0.25) is 0 Å². The molecule has 1 aliphatic carbocycles. The van der Waals surface area contributed by atoms with Gasteiger partial charge in [-0.3, -0.25) is 0 Å². The number of halogens is 1. The Bertz CT molecular complexity index is 769. The fourth-order valence-electron chi connectivity index (χ4n) is 4.11. The lowest BCUT2D eigenvalue weighted by molar-refractivity contribution is 0.0697. The molecule has 0 aromatic heterocycles. The summed E-state index contributed by atoms with van der Waals surface area (Å²) in [6, 6.07) is 12.4. The molecule has 2 aromatic carbocycles. The van der Waals surface area contributed by atoms with Gasteiger partial charge in [0, 0.05) is 0 Å². The number of hydrogen-bond acceptors (Lipinski definition) is 2. The first-order chi connectivity index (χ1) is 12.5. The molecule has 1 N–H and O–H groups in total. The van der Waals surface area contributed by atoms with Crippen molar-refractivity contribution in [2.24, 2.45) is 5.92 Å². The fraction of sp³-hybridized carbons (Fsp3) is 0.409. The van der Waals surface area contributed by atoms with Gasteiger partial charge in [-0.15, -0.1) is 0 Å². The lowest BCUT2D eigenvalue weighted by Gasteiger charge is -2.18. The van der Waals surface area contributed by atoms with Gasteiger partial charge in [0.05, 0.1) is 12.7 Å². The molecular formula is C22H25FO3. The molecule has 0 bridgehead atoms. The van der Waals surface area contributed by atoms with Crippen LogP contribution in [0.4, 0.5) is 4.39 Å². The molecule has 0 aliphatic heterocycles. The highest BCUT2D eigenvalue weighted by atomic mass is 19.1. The van der Waals surface area contributed by atoms with Crippen LogP contribution >= 0.6 is 0 Å². The minimum Gasteiger partial charge on any atom is -0.494 e. The molecule has 0 heterocycles. The minimum absolute atomic E-state index is 0.303. The van der Waals surface area contributed by atoms with Crippen LogP contribution in [0, 0.1) is 11.7 Å². The second-order valence-corrected chi connectivity index (χ2v) is 7.33. The third kappa shape index (κ3) is 4.06. The van der Waals surface area contributed by atoms with E-state index in [4.69, 9.17) is 9.84 Å². The Balaban J connectivity index is 1.61. The highest BCUT2D eigenvalue weighted by Gasteiger charge is 2.27. The van der Waals surface area contributed by atoms with E-state index in [-0.39, 0.29) is 5.82 Å². The number of ether oxygens (including phenoxy) is 1. The highest BCUT2D eigenvalue weighted by molar-refractivity contribution is 5.87. The zero-order valence-electron chi connectivity index (χ0n) is 15.2. The van der Waals surface area contributed by atoms with Crippen molar-refractivity contribution in [3.05, 3.63) is 65.0 Å². The molecule has 0 amide bonds. The smallest absolute Gasteiger partial charge is 0.335 e. The first-order valence-electron chi connectivity index (χ1n) is 9.14. The van der Waals surface area contributed by atoms with E-state index in [1.807, 2.05) is 18.2 Å². The van der Waals surface area contributed by atoms with Gasteiger partial charge >= 0.3 is 5.97 Å². The van der Waals surface area contributed by atoms with Gasteiger partial charge in [-0.1, -0.05) is 25.1 Å². The number of carboxylic acids is 1. The Hall–Kier alpha value is -2.36. The molecule has 0 radical (unpaired) electrons. The second kappa shape index (κ2) is 7.90. The van der Waals surface area contributed by atoms with Crippen LogP contribution in [0.15, 0.2) is 42.5 Å². The summed E-state index contributed by atoms with van der Waals surface area (Å²) in [6.07, 6.45) is 4.50. The minimum atomic E-state index is -0.885. The maximum atomic E-state index is 13.6. The summed E-state index contributed by atoms with van der Waals surface area (Å²) < 4.78 is 18.7. The zero-order chi connectivity index (χ0) is 18.7. The number of methoxy groups -OCH3 is 1. The Labute approximate surface area is 153 Å². The molecule has 0 saturated heterocycles. The molecule has 2 aromatic rings. The van der Waals surface area contributed by atoms with Gasteiger partial charge in [0.15, 0.2) is 11.6 Å². The molecule has 1 aliphatic rings. The predicted octanol–water partition coefficient (Wildman–Crippen LogP) is 5.61. The molecule has 1 fully saturated rings. The molecule has 26 heavy (non-hydrogen) atoms. The Morgan fingerprint density at radius 3 is 2.62 bits per heavy atom. The molecule has 3 atom stereocenters. The van der Waals surface area contributed by atoms with Crippen LogP contribution in [0.25, 0.3) is 0 Å². The molecule has 0 spiro atoms. The summed E-state index contributed by atoms with van der Waals surface area (Å²) in [4.78, 5) is 11.0. The van der Waals surface area contributed by atoms with Gasteiger partial charge in [-0.25, -0.2) is 9.18 Å². The number of hydrogen-bond donors (Lipinski definition) is 1. The standard InChI is InChI=1S/C22H25FO3/c1-14(18-9-10-20(23)21(13-18)26-2)11-15-3-4-19(12-15)16-5-7-17(8-6-16)22(24)25/h5-10,13-15,19H,3-4,11-12H2,1-2H3,(H,24,25)/t14-,15+,19+/m0/s1. The van der Waals surface area contributed by atoms with E-state index in [1.165, 1.54) is 25.2 Å². The van der Waals surface area contributed by atoms with E-state index in [0.717, 1.165) is 24.8 Å². The molecular weight excluding hydrogens is 331 g/mol. The second-order valence-electron chi connectivity index (χ2n) is 7.33. The lowest BCUT2D eigenvalue weighted by Crippen LogP contribution is -2.04. The fourth-order valence-corrected chi connectivity index (χ4v) is 4.11. The summed E-state index contributed by atoms with van der Waals surface area (Å²) in [6.45, 7) is 2.18. The molecule has 1 saturated carbocycles. The van der Waals surface area contributed by atoms with Crippen molar-refractivity contribution in [3.63, 3.8) is 0 Å². The third-order valence-corrected chi connectivity index (χ3v) is 5.60. The van der Waals surface area contributed by atoms with E-state index in [9.17, 15) is 9.18 Å². The van der Waals surface area contributed by atoms with Gasteiger partial charge in [-0.05, 0) is 78.8 Å². The number of benzene rings is 2. The van der Waals surface area contributed by atoms with Gasteiger partial charge in [-0.2, -0.15) is 0 Å². The van der Waals surface area contributed by atoms with Crippen LogP contribution in [0.5, 0.6) is 5.75 Å². The monoisotopic (exact) mass is 356 g/mol. The summed E-state index contributed by atoms with van der Waals surface area (Å²) >= 11 is 0. The summed E-state index contributed by atoms with van der Waals surface area (Å²) in [5, 5.41) is 9.01. The van der Waals surface area contributed by atoms with E-state index >= 15 is 0 Å². The van der Waals surface area contributed by atoms with E-state index in [2.05, 4.69) is 6.92 Å². The third-order valence-electron chi connectivity index (χ3n) is 5.60. The SMILES string of the molecule is COc1cc([C@@H](C)C[C@H]2CC[C@@H](c3ccc(C(=O)O)cc3)C2)ccc1F. The lowest BCUT2D eigenvalue weighted by atomic mass is 9.88. The first kappa shape index (κ1) is 18.4. The molecule has 3 nitrogen and oxygen atoms in total.